The summed E-state index contributed by atoms with van der Waals surface area (Å²) in [5.74, 6) is 0.643. The van der Waals surface area contributed by atoms with Crippen molar-refractivity contribution < 1.29 is 9.59 Å². The molecule has 0 bridgehead atoms. The van der Waals surface area contributed by atoms with Crippen LogP contribution in [0, 0.1) is 0 Å². The third-order valence-corrected chi connectivity index (χ3v) is 3.28. The van der Waals surface area contributed by atoms with E-state index in [1.165, 1.54) is 6.92 Å². The Morgan fingerprint density at radius 2 is 2.22 bits per heavy atom. The Hall–Kier alpha value is -1.91. The number of carbonyl (C=O) groups is 2. The number of ketones is 1. The summed E-state index contributed by atoms with van der Waals surface area (Å²) >= 11 is 0. The van der Waals surface area contributed by atoms with Crippen LogP contribution in [0.5, 0.6) is 0 Å². The van der Waals surface area contributed by atoms with E-state index >= 15 is 0 Å². The highest BCUT2D eigenvalue weighted by molar-refractivity contribution is 5.95. The Morgan fingerprint density at radius 1 is 1.50 bits per heavy atom. The van der Waals surface area contributed by atoms with Crippen molar-refractivity contribution in [1.82, 2.24) is 10.3 Å². The molecule has 0 atom stereocenters. The molecule has 5 heteroatoms. The molecule has 18 heavy (non-hydrogen) atoms. The summed E-state index contributed by atoms with van der Waals surface area (Å²) < 4.78 is 0. The van der Waals surface area contributed by atoms with Gasteiger partial charge in [0.1, 0.15) is 11.4 Å². The number of Topliss-reactive ketones (excluding diaryl/α,β-unsaturated/α-hetero) is 1. The van der Waals surface area contributed by atoms with E-state index < -0.39 is 5.54 Å². The zero-order valence-electron chi connectivity index (χ0n) is 10.9. The molecule has 1 fully saturated rings. The second kappa shape index (κ2) is 4.40. The fourth-order valence-electron chi connectivity index (χ4n) is 2.09. The van der Waals surface area contributed by atoms with Crippen LogP contribution < -0.4 is 10.2 Å². The van der Waals surface area contributed by atoms with Gasteiger partial charge in [0.25, 0.3) is 0 Å². The highest BCUT2D eigenvalue weighted by atomic mass is 16.2. The van der Waals surface area contributed by atoms with E-state index in [1.807, 2.05) is 18.7 Å². The summed E-state index contributed by atoms with van der Waals surface area (Å²) in [7, 11) is 0. The van der Waals surface area contributed by atoms with Crippen LogP contribution in [0.1, 0.15) is 31.1 Å². The maximum atomic E-state index is 11.9. The fourth-order valence-corrected chi connectivity index (χ4v) is 2.09. The number of pyridine rings is 1. The van der Waals surface area contributed by atoms with Crippen molar-refractivity contribution in [3.63, 3.8) is 0 Å². The average Bonchev–Trinajstić information content (AvgIpc) is 2.32. The van der Waals surface area contributed by atoms with Gasteiger partial charge in [0.2, 0.25) is 5.91 Å². The van der Waals surface area contributed by atoms with Crippen LogP contribution >= 0.6 is 0 Å². The third kappa shape index (κ3) is 2.08. The first-order valence-corrected chi connectivity index (χ1v) is 5.96. The third-order valence-electron chi connectivity index (χ3n) is 3.28. The maximum Gasteiger partial charge on any atom is 0.245 e. The van der Waals surface area contributed by atoms with Crippen molar-refractivity contribution >= 4 is 17.5 Å². The van der Waals surface area contributed by atoms with Gasteiger partial charge in [0, 0.05) is 24.8 Å². The molecule has 0 saturated carbocycles. The average molecular weight is 247 g/mol. The fraction of sp³-hybridized carbons (Fsp3) is 0.462. The number of hydrogen-bond donors (Lipinski definition) is 1. The van der Waals surface area contributed by atoms with Crippen molar-refractivity contribution in [2.24, 2.45) is 0 Å². The standard InChI is InChI=1S/C13H17N3O2/c1-9(17)10-4-5-14-11(8-10)16-7-6-15-12(18)13(16,2)3/h4-5,8H,6-7H2,1-3H3,(H,15,18). The van der Waals surface area contributed by atoms with Crippen LogP contribution in [-0.2, 0) is 4.79 Å². The predicted molar refractivity (Wildman–Crippen MR) is 68.7 cm³/mol. The van der Waals surface area contributed by atoms with Crippen molar-refractivity contribution in [2.75, 3.05) is 18.0 Å². The number of hydrogen-bond acceptors (Lipinski definition) is 4. The van der Waals surface area contributed by atoms with Gasteiger partial charge in [-0.1, -0.05) is 0 Å². The summed E-state index contributed by atoms with van der Waals surface area (Å²) in [6.45, 7) is 6.50. The number of anilines is 1. The molecule has 1 aromatic heterocycles. The SMILES string of the molecule is CC(=O)c1ccnc(N2CCNC(=O)C2(C)C)c1. The number of carbonyl (C=O) groups excluding carboxylic acids is 2. The second-order valence-electron chi connectivity index (χ2n) is 4.93. The Kier molecular flexibility index (Phi) is 3.07. The minimum atomic E-state index is -0.652. The number of nitrogens with zero attached hydrogens (tertiary/aromatic N) is 2. The second-order valence-corrected chi connectivity index (χ2v) is 4.93. The van der Waals surface area contributed by atoms with Crippen LogP contribution in [-0.4, -0.2) is 35.3 Å². The molecule has 1 aliphatic rings. The summed E-state index contributed by atoms with van der Waals surface area (Å²) in [6, 6.07) is 3.42. The Bertz CT molecular complexity index is 497. The molecule has 0 unspecified atom stereocenters. The van der Waals surface area contributed by atoms with E-state index in [-0.39, 0.29) is 11.7 Å². The number of amides is 1. The van der Waals surface area contributed by atoms with Gasteiger partial charge in [-0.05, 0) is 32.9 Å². The largest absolute Gasteiger partial charge is 0.352 e. The van der Waals surface area contributed by atoms with Gasteiger partial charge < -0.3 is 10.2 Å². The van der Waals surface area contributed by atoms with Crippen molar-refractivity contribution in [2.45, 2.75) is 26.3 Å². The molecule has 2 heterocycles. The molecule has 5 nitrogen and oxygen atoms in total. The van der Waals surface area contributed by atoms with Crippen molar-refractivity contribution in [1.29, 1.82) is 0 Å². The van der Waals surface area contributed by atoms with Crippen molar-refractivity contribution in [3.05, 3.63) is 23.9 Å². The summed E-state index contributed by atoms with van der Waals surface area (Å²) in [6.07, 6.45) is 1.61. The minimum absolute atomic E-state index is 0.00193. The monoisotopic (exact) mass is 247 g/mol. The first kappa shape index (κ1) is 12.5. The Morgan fingerprint density at radius 3 is 2.89 bits per heavy atom. The lowest BCUT2D eigenvalue weighted by atomic mass is 9.98. The number of piperazine rings is 1. The number of nitrogens with one attached hydrogen (secondary N) is 1. The van der Waals surface area contributed by atoms with Crippen LogP contribution in [0.25, 0.3) is 0 Å². The smallest absolute Gasteiger partial charge is 0.245 e. The Labute approximate surface area is 106 Å². The van der Waals surface area contributed by atoms with Crippen LogP contribution in [0.15, 0.2) is 18.3 Å². The zero-order valence-corrected chi connectivity index (χ0v) is 10.9. The van der Waals surface area contributed by atoms with E-state index in [0.717, 1.165) is 0 Å². The highest BCUT2D eigenvalue weighted by Crippen LogP contribution is 2.24. The first-order chi connectivity index (χ1) is 8.43. The summed E-state index contributed by atoms with van der Waals surface area (Å²) in [4.78, 5) is 29.4. The molecule has 1 N–H and O–H groups in total. The van der Waals surface area contributed by atoms with E-state index in [1.54, 1.807) is 18.3 Å². The minimum Gasteiger partial charge on any atom is -0.352 e. The number of aromatic nitrogens is 1. The molecular formula is C13H17N3O2. The van der Waals surface area contributed by atoms with Gasteiger partial charge in [0.15, 0.2) is 5.78 Å². The lowest BCUT2D eigenvalue weighted by molar-refractivity contribution is -0.126. The molecule has 0 aromatic carbocycles. The quantitative estimate of drug-likeness (QED) is 0.792. The van der Waals surface area contributed by atoms with Gasteiger partial charge in [0.05, 0.1) is 0 Å². The lowest BCUT2D eigenvalue weighted by Gasteiger charge is -2.42. The molecule has 2 rings (SSSR count). The van der Waals surface area contributed by atoms with Crippen LogP contribution in [0.2, 0.25) is 0 Å². The maximum absolute atomic E-state index is 11.9. The lowest BCUT2D eigenvalue weighted by Crippen LogP contribution is -2.62. The highest BCUT2D eigenvalue weighted by Gasteiger charge is 2.38. The summed E-state index contributed by atoms with van der Waals surface area (Å²) in [5, 5.41) is 2.83. The molecule has 1 aliphatic heterocycles. The first-order valence-electron chi connectivity index (χ1n) is 5.96. The molecule has 0 radical (unpaired) electrons. The van der Waals surface area contributed by atoms with Crippen LogP contribution in [0.3, 0.4) is 0 Å². The number of rotatable bonds is 2. The zero-order chi connectivity index (χ0) is 13.3. The molecule has 1 amide bonds. The molecule has 0 spiro atoms. The van der Waals surface area contributed by atoms with Gasteiger partial charge in [-0.15, -0.1) is 0 Å². The van der Waals surface area contributed by atoms with E-state index in [9.17, 15) is 9.59 Å². The van der Waals surface area contributed by atoms with E-state index in [2.05, 4.69) is 10.3 Å². The molecule has 1 saturated heterocycles. The van der Waals surface area contributed by atoms with Gasteiger partial charge in [-0.2, -0.15) is 0 Å². The van der Waals surface area contributed by atoms with E-state index in [4.69, 9.17) is 0 Å². The molecule has 0 aliphatic carbocycles. The molecule has 96 valence electrons. The predicted octanol–water partition coefficient (Wildman–Crippen LogP) is 0.999. The Balaban J connectivity index is 2.38. The summed E-state index contributed by atoms with van der Waals surface area (Å²) in [5.41, 5.74) is -0.0394. The van der Waals surface area contributed by atoms with E-state index in [0.29, 0.717) is 24.5 Å². The van der Waals surface area contributed by atoms with Gasteiger partial charge in [-0.25, -0.2) is 4.98 Å². The molecule has 1 aromatic rings. The normalized spacial score (nSPS) is 18.4. The van der Waals surface area contributed by atoms with Gasteiger partial charge in [-0.3, -0.25) is 9.59 Å². The van der Waals surface area contributed by atoms with Crippen LogP contribution in [0.4, 0.5) is 5.82 Å². The molecular weight excluding hydrogens is 230 g/mol. The topological polar surface area (TPSA) is 62.3 Å². The van der Waals surface area contributed by atoms with Gasteiger partial charge >= 0.3 is 0 Å². The van der Waals surface area contributed by atoms with Crippen molar-refractivity contribution in [3.8, 4) is 0 Å².